The van der Waals surface area contributed by atoms with Crippen LogP contribution < -0.4 is 10.5 Å². The van der Waals surface area contributed by atoms with Crippen LogP contribution in [0.15, 0.2) is 34.8 Å². The number of rotatable bonds is 5. The number of aliphatic carboxylic acids is 1. The van der Waals surface area contributed by atoms with Crippen LogP contribution in [0.3, 0.4) is 0 Å². The molecule has 1 atom stereocenters. The zero-order valence-electron chi connectivity index (χ0n) is 9.44. The Bertz CT molecular complexity index is 445. The summed E-state index contributed by atoms with van der Waals surface area (Å²) in [4.78, 5) is 10.7. The van der Waals surface area contributed by atoms with Crippen molar-refractivity contribution in [1.29, 1.82) is 0 Å². The molecule has 4 nitrogen and oxygen atoms in total. The van der Waals surface area contributed by atoms with Crippen molar-refractivity contribution >= 4 is 21.9 Å². The fraction of sp³-hybridized carbons (Fsp3) is 0.250. The van der Waals surface area contributed by atoms with Crippen molar-refractivity contribution < 1.29 is 14.6 Å². The molecule has 0 saturated heterocycles. The second kappa shape index (κ2) is 5.84. The molecule has 92 valence electrons. The molecule has 0 spiro atoms. The van der Waals surface area contributed by atoms with Gasteiger partial charge in [-0.2, -0.15) is 0 Å². The Morgan fingerprint density at radius 3 is 2.76 bits per heavy atom. The van der Waals surface area contributed by atoms with Gasteiger partial charge in [0, 0.05) is 0 Å². The second-order valence-electron chi connectivity index (χ2n) is 3.75. The van der Waals surface area contributed by atoms with Crippen LogP contribution in [0.1, 0.15) is 18.5 Å². The van der Waals surface area contributed by atoms with E-state index in [4.69, 9.17) is 15.6 Å². The molecular weight excluding hydrogens is 286 g/mol. The van der Waals surface area contributed by atoms with Gasteiger partial charge in [-0.15, -0.1) is 0 Å². The molecule has 0 aliphatic carbocycles. The summed E-state index contributed by atoms with van der Waals surface area (Å²) in [5.74, 6) is -0.429. The van der Waals surface area contributed by atoms with Gasteiger partial charge in [0.15, 0.2) is 0 Å². The predicted molar refractivity (Wildman–Crippen MR) is 69.0 cm³/mol. The van der Waals surface area contributed by atoms with E-state index in [0.29, 0.717) is 22.4 Å². The van der Waals surface area contributed by atoms with E-state index < -0.39 is 12.0 Å². The minimum Gasteiger partial charge on any atom is -0.488 e. The van der Waals surface area contributed by atoms with Gasteiger partial charge in [0.25, 0.3) is 0 Å². The molecule has 0 heterocycles. The van der Waals surface area contributed by atoms with E-state index in [1.165, 1.54) is 0 Å². The van der Waals surface area contributed by atoms with Crippen molar-refractivity contribution in [2.45, 2.75) is 13.0 Å². The van der Waals surface area contributed by atoms with Crippen molar-refractivity contribution in [1.82, 2.24) is 0 Å². The Morgan fingerprint density at radius 1 is 1.65 bits per heavy atom. The molecule has 1 rings (SSSR count). The Morgan fingerprint density at radius 2 is 2.29 bits per heavy atom. The topological polar surface area (TPSA) is 72.5 Å². The van der Waals surface area contributed by atoms with Crippen LogP contribution in [0.5, 0.6) is 5.75 Å². The van der Waals surface area contributed by atoms with E-state index in [1.54, 1.807) is 18.2 Å². The molecule has 0 fully saturated rings. The van der Waals surface area contributed by atoms with Crippen molar-refractivity contribution in [2.24, 2.45) is 5.73 Å². The number of nitrogens with two attached hydrogens (primary N) is 1. The van der Waals surface area contributed by atoms with Crippen LogP contribution in [0.2, 0.25) is 0 Å². The van der Waals surface area contributed by atoms with E-state index in [-0.39, 0.29) is 0 Å². The molecular formula is C12H14BrNO3. The Labute approximate surface area is 108 Å². The number of hydrogen-bond donors (Lipinski definition) is 2. The van der Waals surface area contributed by atoms with Crippen LogP contribution in [0, 0.1) is 0 Å². The third-order valence-corrected chi connectivity index (χ3v) is 2.67. The Balaban J connectivity index is 2.86. The molecule has 0 aromatic heterocycles. The lowest BCUT2D eigenvalue weighted by molar-refractivity contribution is -0.138. The first-order valence-corrected chi connectivity index (χ1v) is 5.76. The highest BCUT2D eigenvalue weighted by Crippen LogP contribution is 2.28. The fourth-order valence-corrected chi connectivity index (χ4v) is 1.68. The maximum atomic E-state index is 10.7. The third-order valence-electron chi connectivity index (χ3n) is 2.06. The molecule has 3 N–H and O–H groups in total. The predicted octanol–water partition coefficient (Wildman–Crippen LogP) is 2.49. The van der Waals surface area contributed by atoms with Gasteiger partial charge in [-0.1, -0.05) is 12.6 Å². The highest BCUT2D eigenvalue weighted by atomic mass is 79.9. The molecule has 1 aromatic rings. The van der Waals surface area contributed by atoms with Gasteiger partial charge < -0.3 is 15.6 Å². The molecule has 0 amide bonds. The van der Waals surface area contributed by atoms with Gasteiger partial charge >= 0.3 is 5.97 Å². The van der Waals surface area contributed by atoms with Crippen molar-refractivity contribution in [3.63, 3.8) is 0 Å². The summed E-state index contributed by atoms with van der Waals surface area (Å²) < 4.78 is 6.13. The number of benzene rings is 1. The van der Waals surface area contributed by atoms with Crippen LogP contribution in [-0.4, -0.2) is 17.7 Å². The van der Waals surface area contributed by atoms with Crippen LogP contribution in [0.25, 0.3) is 0 Å². The first kappa shape index (κ1) is 13.7. The van der Waals surface area contributed by atoms with Crippen LogP contribution in [0.4, 0.5) is 0 Å². The minimum atomic E-state index is -1.06. The summed E-state index contributed by atoms with van der Waals surface area (Å²) in [6, 6.07) is 3.94. The molecule has 0 aliphatic heterocycles. The summed E-state index contributed by atoms with van der Waals surface area (Å²) in [6.07, 6.45) is 0. The smallest absolute Gasteiger partial charge is 0.325 e. The lowest BCUT2D eigenvalue weighted by atomic mass is 10.1. The molecule has 1 unspecified atom stereocenters. The van der Waals surface area contributed by atoms with Crippen molar-refractivity contribution in [2.75, 3.05) is 6.61 Å². The molecule has 5 heteroatoms. The number of ether oxygens (including phenoxy) is 1. The van der Waals surface area contributed by atoms with E-state index >= 15 is 0 Å². The molecule has 1 aromatic carbocycles. The zero-order valence-corrected chi connectivity index (χ0v) is 11.0. The summed E-state index contributed by atoms with van der Waals surface area (Å²) in [5, 5.41) is 8.79. The zero-order chi connectivity index (χ0) is 13.0. The lowest BCUT2D eigenvalue weighted by Crippen LogP contribution is -2.20. The Hall–Kier alpha value is -1.33. The minimum absolute atomic E-state index is 0.420. The van der Waals surface area contributed by atoms with E-state index in [9.17, 15) is 4.79 Å². The summed E-state index contributed by atoms with van der Waals surface area (Å²) in [7, 11) is 0. The van der Waals surface area contributed by atoms with Crippen LogP contribution in [-0.2, 0) is 4.79 Å². The molecule has 0 bridgehead atoms. The van der Waals surface area contributed by atoms with Crippen molar-refractivity contribution in [3.05, 3.63) is 40.4 Å². The van der Waals surface area contributed by atoms with Gasteiger partial charge in [0.2, 0.25) is 0 Å². The number of carboxylic acid groups (broad SMARTS) is 1. The molecule has 0 saturated carbocycles. The molecule has 0 aliphatic rings. The average Bonchev–Trinajstić information content (AvgIpc) is 2.26. The largest absolute Gasteiger partial charge is 0.488 e. The average molecular weight is 300 g/mol. The lowest BCUT2D eigenvalue weighted by Gasteiger charge is -2.11. The monoisotopic (exact) mass is 299 g/mol. The summed E-state index contributed by atoms with van der Waals surface area (Å²) >= 11 is 3.31. The van der Waals surface area contributed by atoms with Gasteiger partial charge in [0.1, 0.15) is 18.4 Å². The maximum Gasteiger partial charge on any atom is 0.325 e. The van der Waals surface area contributed by atoms with Crippen molar-refractivity contribution in [3.8, 4) is 5.75 Å². The van der Waals surface area contributed by atoms with E-state index in [2.05, 4.69) is 22.5 Å². The molecule has 0 radical (unpaired) electrons. The normalized spacial score (nSPS) is 11.9. The number of carboxylic acids is 1. The first-order valence-electron chi connectivity index (χ1n) is 4.97. The van der Waals surface area contributed by atoms with Gasteiger partial charge in [-0.3, -0.25) is 4.79 Å². The fourth-order valence-electron chi connectivity index (χ4n) is 1.17. The van der Waals surface area contributed by atoms with Crippen LogP contribution >= 0.6 is 15.9 Å². The SMILES string of the molecule is C=C(C)COc1ccc(C(N)C(=O)O)cc1Br. The standard InChI is InChI=1S/C12H14BrNO3/c1-7(2)6-17-10-4-3-8(5-9(10)13)11(14)12(15)16/h3-5,11H,1,6,14H2,2H3,(H,15,16). The Kier molecular flexibility index (Phi) is 4.72. The van der Waals surface area contributed by atoms with Gasteiger partial charge in [-0.25, -0.2) is 0 Å². The maximum absolute atomic E-state index is 10.7. The third kappa shape index (κ3) is 3.87. The second-order valence-corrected chi connectivity index (χ2v) is 4.61. The van der Waals surface area contributed by atoms with Gasteiger partial charge in [0.05, 0.1) is 4.47 Å². The number of hydrogen-bond acceptors (Lipinski definition) is 3. The molecule has 17 heavy (non-hydrogen) atoms. The summed E-state index contributed by atoms with van der Waals surface area (Å²) in [6.45, 7) is 6.01. The van der Waals surface area contributed by atoms with Gasteiger partial charge in [-0.05, 0) is 46.1 Å². The summed E-state index contributed by atoms with van der Waals surface area (Å²) in [5.41, 5.74) is 6.93. The highest BCUT2D eigenvalue weighted by Gasteiger charge is 2.15. The first-order chi connectivity index (χ1) is 7.91. The highest BCUT2D eigenvalue weighted by molar-refractivity contribution is 9.10. The van der Waals surface area contributed by atoms with E-state index in [1.807, 2.05) is 6.92 Å². The number of carbonyl (C=O) groups is 1. The quantitative estimate of drug-likeness (QED) is 0.819. The van der Waals surface area contributed by atoms with E-state index in [0.717, 1.165) is 5.57 Å². The number of halogens is 1.